The maximum atomic E-state index is 11.6. The lowest BCUT2D eigenvalue weighted by atomic mass is 9.92. The molecule has 7 heteroatoms. The summed E-state index contributed by atoms with van der Waals surface area (Å²) >= 11 is 0. The maximum Gasteiger partial charge on any atom is 0.227 e. The Morgan fingerprint density at radius 2 is 2.00 bits per heavy atom. The predicted octanol–water partition coefficient (Wildman–Crippen LogP) is 0.255. The molecule has 0 unspecified atom stereocenters. The maximum absolute atomic E-state index is 11.6. The number of nitrogens with two attached hydrogens (primary N) is 1. The zero-order chi connectivity index (χ0) is 13.8. The van der Waals surface area contributed by atoms with Crippen molar-refractivity contribution in [1.82, 2.24) is 15.3 Å². The van der Waals surface area contributed by atoms with E-state index < -0.39 is 5.41 Å². The first-order chi connectivity index (χ1) is 8.39. The van der Waals surface area contributed by atoms with Crippen LogP contribution in [0.3, 0.4) is 0 Å². The molecular weight excluding hydrogens is 232 g/mol. The number of hydrogen-bond donors (Lipinski definition) is 4. The number of hydrazine groups is 1. The number of amides is 1. The number of nitrogens with one attached hydrogen (secondary N) is 3. The van der Waals surface area contributed by atoms with Crippen LogP contribution in [0.5, 0.6) is 0 Å². The molecule has 1 aromatic rings. The molecule has 0 saturated carbocycles. The van der Waals surface area contributed by atoms with Crippen molar-refractivity contribution in [3.63, 3.8) is 0 Å². The van der Waals surface area contributed by atoms with Gasteiger partial charge in [0.15, 0.2) is 0 Å². The average molecular weight is 252 g/mol. The second-order valence-corrected chi connectivity index (χ2v) is 4.65. The van der Waals surface area contributed by atoms with Crippen LogP contribution in [0.25, 0.3) is 0 Å². The molecule has 5 N–H and O–H groups in total. The third kappa shape index (κ3) is 3.56. The Labute approximate surface area is 107 Å². The fourth-order valence-corrected chi connectivity index (χ4v) is 1.46. The van der Waals surface area contributed by atoms with E-state index in [9.17, 15) is 4.79 Å². The van der Waals surface area contributed by atoms with Crippen LogP contribution in [-0.4, -0.2) is 29.5 Å². The van der Waals surface area contributed by atoms with Gasteiger partial charge in [0.2, 0.25) is 5.91 Å². The average Bonchev–Trinajstić information content (AvgIpc) is 2.34. The summed E-state index contributed by atoms with van der Waals surface area (Å²) in [4.78, 5) is 19.9. The Hall–Kier alpha value is -1.89. The number of nitrogen functional groups attached to an aromatic ring is 1. The van der Waals surface area contributed by atoms with Crippen molar-refractivity contribution in [2.45, 2.75) is 20.8 Å². The topological polar surface area (TPSA) is 105 Å². The lowest BCUT2D eigenvalue weighted by Gasteiger charge is -2.23. The molecule has 0 aromatic carbocycles. The van der Waals surface area contributed by atoms with Crippen LogP contribution in [0.15, 0.2) is 6.07 Å². The van der Waals surface area contributed by atoms with Gasteiger partial charge in [-0.05, 0) is 20.8 Å². The van der Waals surface area contributed by atoms with Gasteiger partial charge in [-0.3, -0.25) is 4.79 Å². The number of carbonyl (C=O) groups is 1. The Balaban J connectivity index is 2.74. The predicted molar refractivity (Wildman–Crippen MR) is 70.9 cm³/mol. The third-order valence-corrected chi connectivity index (χ3v) is 2.54. The molecule has 0 fully saturated rings. The van der Waals surface area contributed by atoms with Gasteiger partial charge in [0.1, 0.15) is 17.5 Å². The molecule has 1 heterocycles. The molecular formula is C11H20N6O. The fraction of sp³-hybridized carbons (Fsp3) is 0.545. The van der Waals surface area contributed by atoms with Gasteiger partial charge in [-0.15, -0.1) is 0 Å². The van der Waals surface area contributed by atoms with Crippen molar-refractivity contribution in [1.29, 1.82) is 0 Å². The minimum atomic E-state index is -0.524. The first-order valence-corrected chi connectivity index (χ1v) is 5.67. The summed E-state index contributed by atoms with van der Waals surface area (Å²) in [5, 5.41) is 5.74. The monoisotopic (exact) mass is 252 g/mol. The van der Waals surface area contributed by atoms with Crippen LogP contribution in [-0.2, 0) is 4.79 Å². The van der Waals surface area contributed by atoms with E-state index in [0.717, 1.165) is 0 Å². The van der Waals surface area contributed by atoms with E-state index in [1.807, 2.05) is 13.8 Å². The summed E-state index contributed by atoms with van der Waals surface area (Å²) in [6.07, 6.45) is 0. The fourth-order valence-electron chi connectivity index (χ4n) is 1.46. The van der Waals surface area contributed by atoms with Gasteiger partial charge in [-0.25, -0.2) is 15.8 Å². The molecule has 0 aliphatic heterocycles. The van der Waals surface area contributed by atoms with Gasteiger partial charge in [0, 0.05) is 19.7 Å². The number of aryl methyl sites for hydroxylation is 1. The summed E-state index contributed by atoms with van der Waals surface area (Å²) in [5.41, 5.74) is 1.94. The van der Waals surface area contributed by atoms with Crippen LogP contribution in [0, 0.1) is 12.3 Å². The zero-order valence-electron chi connectivity index (χ0n) is 11.2. The number of anilines is 2. The Kier molecular flexibility index (Phi) is 4.43. The second kappa shape index (κ2) is 5.63. The highest BCUT2D eigenvalue weighted by Gasteiger charge is 2.26. The Morgan fingerprint density at radius 3 is 2.56 bits per heavy atom. The molecule has 7 nitrogen and oxygen atoms in total. The first-order valence-electron chi connectivity index (χ1n) is 5.67. The van der Waals surface area contributed by atoms with Crippen molar-refractivity contribution in [2.75, 3.05) is 24.3 Å². The van der Waals surface area contributed by atoms with Crippen LogP contribution in [0.4, 0.5) is 11.6 Å². The lowest BCUT2D eigenvalue weighted by molar-refractivity contribution is -0.128. The smallest absolute Gasteiger partial charge is 0.227 e. The highest BCUT2D eigenvalue weighted by atomic mass is 16.2. The van der Waals surface area contributed by atoms with Crippen molar-refractivity contribution < 1.29 is 4.79 Å². The molecule has 100 valence electrons. The molecule has 0 radical (unpaired) electrons. The SMILES string of the molecule is CNC(=O)C(C)(C)CNc1cc(NN)nc(C)n1. The standard InChI is InChI=1S/C11H20N6O/c1-7-15-8(5-9(16-7)17-12)14-6-11(2,3)10(18)13-4/h5H,6,12H2,1-4H3,(H,13,18)(H2,14,15,16,17). The van der Waals surface area contributed by atoms with E-state index in [-0.39, 0.29) is 5.91 Å². The van der Waals surface area contributed by atoms with Gasteiger partial charge < -0.3 is 16.1 Å². The number of nitrogens with zero attached hydrogens (tertiary/aromatic N) is 2. The summed E-state index contributed by atoms with van der Waals surface area (Å²) in [6, 6.07) is 1.69. The van der Waals surface area contributed by atoms with Gasteiger partial charge >= 0.3 is 0 Å². The van der Waals surface area contributed by atoms with E-state index >= 15 is 0 Å². The highest BCUT2D eigenvalue weighted by Crippen LogP contribution is 2.17. The van der Waals surface area contributed by atoms with Crippen molar-refractivity contribution >= 4 is 17.5 Å². The normalized spacial score (nSPS) is 10.9. The van der Waals surface area contributed by atoms with Crippen molar-refractivity contribution in [2.24, 2.45) is 11.3 Å². The number of hydrogen-bond acceptors (Lipinski definition) is 6. The van der Waals surface area contributed by atoms with Gasteiger partial charge in [-0.1, -0.05) is 0 Å². The molecule has 0 aliphatic carbocycles. The molecule has 0 atom stereocenters. The molecule has 1 amide bonds. The van der Waals surface area contributed by atoms with Crippen molar-refractivity contribution in [3.8, 4) is 0 Å². The molecule has 0 saturated heterocycles. The van der Waals surface area contributed by atoms with Gasteiger partial charge in [-0.2, -0.15) is 0 Å². The van der Waals surface area contributed by atoms with E-state index in [1.165, 1.54) is 0 Å². The first kappa shape index (κ1) is 14.2. The van der Waals surface area contributed by atoms with Crippen LogP contribution in [0.2, 0.25) is 0 Å². The largest absolute Gasteiger partial charge is 0.369 e. The molecule has 0 aliphatic rings. The van der Waals surface area contributed by atoms with E-state index in [1.54, 1.807) is 20.0 Å². The molecule has 18 heavy (non-hydrogen) atoms. The summed E-state index contributed by atoms with van der Waals surface area (Å²) in [7, 11) is 1.62. The zero-order valence-corrected chi connectivity index (χ0v) is 11.2. The third-order valence-electron chi connectivity index (χ3n) is 2.54. The number of rotatable bonds is 5. The molecule has 1 aromatic heterocycles. The van der Waals surface area contributed by atoms with Crippen LogP contribution in [0.1, 0.15) is 19.7 Å². The summed E-state index contributed by atoms with van der Waals surface area (Å²) in [6.45, 7) is 5.95. The quantitative estimate of drug-likeness (QED) is 0.442. The highest BCUT2D eigenvalue weighted by molar-refractivity contribution is 5.82. The Bertz CT molecular complexity index is 432. The minimum Gasteiger partial charge on any atom is -0.369 e. The lowest BCUT2D eigenvalue weighted by Crippen LogP contribution is -2.39. The summed E-state index contributed by atoms with van der Waals surface area (Å²) < 4.78 is 0. The van der Waals surface area contributed by atoms with E-state index in [0.29, 0.717) is 24.0 Å². The molecule has 1 rings (SSSR count). The Morgan fingerprint density at radius 1 is 1.39 bits per heavy atom. The van der Waals surface area contributed by atoms with Crippen molar-refractivity contribution in [3.05, 3.63) is 11.9 Å². The number of carbonyl (C=O) groups excluding carboxylic acids is 1. The van der Waals surface area contributed by atoms with E-state index in [2.05, 4.69) is 26.0 Å². The van der Waals surface area contributed by atoms with E-state index in [4.69, 9.17) is 5.84 Å². The summed E-state index contributed by atoms with van der Waals surface area (Å²) in [5.74, 6) is 7.04. The molecule has 0 spiro atoms. The van der Waals surface area contributed by atoms with Gasteiger partial charge in [0.05, 0.1) is 5.41 Å². The molecule has 0 bridgehead atoms. The minimum absolute atomic E-state index is 0.0297. The van der Waals surface area contributed by atoms with Gasteiger partial charge in [0.25, 0.3) is 0 Å². The van der Waals surface area contributed by atoms with Crippen LogP contribution >= 0.6 is 0 Å². The van der Waals surface area contributed by atoms with Crippen LogP contribution < -0.4 is 21.9 Å². The number of aromatic nitrogens is 2. The second-order valence-electron chi connectivity index (χ2n) is 4.65.